The fraction of sp³-hybridized carbons (Fsp3) is 1.00. The summed E-state index contributed by atoms with van der Waals surface area (Å²) in [4.78, 5) is 0. The van der Waals surface area contributed by atoms with Gasteiger partial charge in [-0.1, -0.05) is 69.2 Å². The number of ether oxygens (including phenoxy) is 2. The lowest BCUT2D eigenvalue weighted by Crippen LogP contribution is -2.49. The van der Waals surface area contributed by atoms with Crippen molar-refractivity contribution >= 4 is 0 Å². The lowest BCUT2D eigenvalue weighted by atomic mass is 9.55. The third-order valence-corrected chi connectivity index (χ3v) is 12.5. The van der Waals surface area contributed by atoms with Crippen LogP contribution in [0.2, 0.25) is 0 Å². The maximum atomic E-state index is 10.4. The summed E-state index contributed by atoms with van der Waals surface area (Å²) >= 11 is 0. The van der Waals surface area contributed by atoms with Crippen molar-refractivity contribution in [3.8, 4) is 0 Å². The molecule has 8 unspecified atom stereocenters. The van der Waals surface area contributed by atoms with Crippen LogP contribution in [0.3, 0.4) is 0 Å². The highest BCUT2D eigenvalue weighted by molar-refractivity contribution is 4.98. The standard InChI is InChI=1S/C35H64O4/c1-19-15-29(16-20(2)31(19)36)38-33-23(5)11-27(12-24(33)6)35(9,10)28-13-25(7)34(26(8)14-28)39-30-17-21(3)32(37)22(4)18-30/h19-34,36-37H,11-18H2,1-10H3. The molecule has 4 aliphatic carbocycles. The Balaban J connectivity index is 1.34. The molecule has 8 atom stereocenters. The van der Waals surface area contributed by atoms with Gasteiger partial charge in [-0.3, -0.25) is 0 Å². The number of hydrogen-bond donors (Lipinski definition) is 2. The van der Waals surface area contributed by atoms with Crippen LogP contribution >= 0.6 is 0 Å². The van der Waals surface area contributed by atoms with Crippen LogP contribution < -0.4 is 0 Å². The van der Waals surface area contributed by atoms with Crippen molar-refractivity contribution in [2.24, 2.45) is 64.6 Å². The molecule has 4 aliphatic rings. The minimum Gasteiger partial charge on any atom is -0.393 e. The van der Waals surface area contributed by atoms with E-state index < -0.39 is 0 Å². The molecule has 4 fully saturated rings. The second kappa shape index (κ2) is 12.6. The highest BCUT2D eigenvalue weighted by atomic mass is 16.5. The lowest BCUT2D eigenvalue weighted by Gasteiger charge is -2.53. The number of aliphatic hydroxyl groups is 2. The first-order valence-corrected chi connectivity index (χ1v) is 16.9. The number of aliphatic hydroxyl groups excluding tert-OH is 2. The van der Waals surface area contributed by atoms with Gasteiger partial charge in [0.2, 0.25) is 0 Å². The van der Waals surface area contributed by atoms with E-state index in [2.05, 4.69) is 69.2 Å². The van der Waals surface area contributed by atoms with Gasteiger partial charge in [-0.15, -0.1) is 0 Å². The molecule has 0 radical (unpaired) electrons. The average Bonchev–Trinajstić information content (AvgIpc) is 2.85. The highest BCUT2D eigenvalue weighted by Crippen LogP contribution is 2.53. The van der Waals surface area contributed by atoms with E-state index in [0.717, 1.165) is 37.5 Å². The predicted octanol–water partition coefficient (Wildman–Crippen LogP) is 7.74. The van der Waals surface area contributed by atoms with Crippen LogP contribution in [0, 0.1) is 64.6 Å². The van der Waals surface area contributed by atoms with Gasteiger partial charge in [0.05, 0.1) is 36.6 Å². The van der Waals surface area contributed by atoms with Gasteiger partial charge < -0.3 is 19.7 Å². The lowest BCUT2D eigenvalue weighted by molar-refractivity contribution is -0.150. The Morgan fingerprint density at radius 1 is 0.436 bits per heavy atom. The highest BCUT2D eigenvalue weighted by Gasteiger charge is 2.48. The van der Waals surface area contributed by atoms with E-state index in [0.29, 0.717) is 77.2 Å². The molecule has 0 spiro atoms. The smallest absolute Gasteiger partial charge is 0.0630 e. The van der Waals surface area contributed by atoms with E-state index in [1.165, 1.54) is 25.7 Å². The summed E-state index contributed by atoms with van der Waals surface area (Å²) in [7, 11) is 0. The SMILES string of the molecule is CC1CC(OC2C(C)CC(C(C)(C)C3CC(C)C(OC4CC(C)C(O)C(C)C4)C(C)C3)CC2C)CC(C)C1O. The van der Waals surface area contributed by atoms with Gasteiger partial charge in [0.15, 0.2) is 0 Å². The molecule has 0 amide bonds. The van der Waals surface area contributed by atoms with Gasteiger partial charge >= 0.3 is 0 Å². The molecule has 0 aromatic rings. The van der Waals surface area contributed by atoms with Gasteiger partial charge in [-0.05, 0) is 116 Å². The van der Waals surface area contributed by atoms with Crippen LogP contribution in [0.1, 0.15) is 121 Å². The Bertz CT molecular complexity index is 673. The van der Waals surface area contributed by atoms with Gasteiger partial charge in [0.1, 0.15) is 0 Å². The molecule has 4 rings (SSSR count). The molecule has 4 nitrogen and oxygen atoms in total. The van der Waals surface area contributed by atoms with Gasteiger partial charge in [-0.2, -0.15) is 0 Å². The third kappa shape index (κ3) is 6.91. The molecular formula is C35H64O4. The molecule has 0 aromatic heterocycles. The normalized spacial score (nSPS) is 52.0. The van der Waals surface area contributed by atoms with E-state index in [9.17, 15) is 10.2 Å². The monoisotopic (exact) mass is 548 g/mol. The van der Waals surface area contributed by atoms with Crippen molar-refractivity contribution < 1.29 is 19.7 Å². The van der Waals surface area contributed by atoms with Crippen molar-refractivity contribution in [2.45, 2.75) is 157 Å². The summed E-state index contributed by atoms with van der Waals surface area (Å²) in [5.74, 6) is 5.11. The molecule has 0 bridgehead atoms. The van der Waals surface area contributed by atoms with E-state index in [1.807, 2.05) is 0 Å². The van der Waals surface area contributed by atoms with Crippen molar-refractivity contribution in [3.63, 3.8) is 0 Å². The Morgan fingerprint density at radius 3 is 0.949 bits per heavy atom. The van der Waals surface area contributed by atoms with E-state index in [4.69, 9.17) is 9.47 Å². The number of rotatable bonds is 6. The molecule has 2 N–H and O–H groups in total. The summed E-state index contributed by atoms with van der Waals surface area (Å²) in [6.07, 6.45) is 9.98. The Labute approximate surface area is 241 Å². The molecule has 4 heteroatoms. The zero-order chi connectivity index (χ0) is 28.8. The Kier molecular flexibility index (Phi) is 10.3. The van der Waals surface area contributed by atoms with Crippen LogP contribution in [0.5, 0.6) is 0 Å². The van der Waals surface area contributed by atoms with E-state index in [-0.39, 0.29) is 12.2 Å². The second-order valence-corrected chi connectivity index (χ2v) is 16.3. The van der Waals surface area contributed by atoms with Gasteiger partial charge in [0.25, 0.3) is 0 Å². The van der Waals surface area contributed by atoms with E-state index in [1.54, 1.807) is 0 Å². The molecule has 0 saturated heterocycles. The summed E-state index contributed by atoms with van der Waals surface area (Å²) in [5.41, 5.74) is 0.316. The average molecular weight is 549 g/mol. The number of hydrogen-bond acceptors (Lipinski definition) is 4. The minimum absolute atomic E-state index is 0.177. The minimum atomic E-state index is -0.177. The maximum absolute atomic E-state index is 10.4. The molecule has 0 aromatic carbocycles. The third-order valence-electron chi connectivity index (χ3n) is 12.5. The molecule has 4 saturated carbocycles. The summed E-state index contributed by atoms with van der Waals surface area (Å²) in [5, 5.41) is 20.8. The summed E-state index contributed by atoms with van der Waals surface area (Å²) in [6.45, 7) is 23.6. The van der Waals surface area contributed by atoms with Crippen LogP contribution in [-0.2, 0) is 9.47 Å². The fourth-order valence-electron chi connectivity index (χ4n) is 9.93. The molecule has 228 valence electrons. The first-order valence-electron chi connectivity index (χ1n) is 16.9. The van der Waals surface area contributed by atoms with Crippen LogP contribution in [-0.4, -0.2) is 46.8 Å². The van der Waals surface area contributed by atoms with Gasteiger partial charge in [-0.25, -0.2) is 0 Å². The van der Waals surface area contributed by atoms with Gasteiger partial charge in [0, 0.05) is 0 Å². The summed E-state index contributed by atoms with van der Waals surface area (Å²) < 4.78 is 13.7. The molecule has 0 heterocycles. The fourth-order valence-corrected chi connectivity index (χ4v) is 9.93. The topological polar surface area (TPSA) is 58.9 Å². The Morgan fingerprint density at radius 2 is 0.692 bits per heavy atom. The zero-order valence-corrected chi connectivity index (χ0v) is 27.1. The van der Waals surface area contributed by atoms with Crippen molar-refractivity contribution in [3.05, 3.63) is 0 Å². The summed E-state index contributed by atoms with van der Waals surface area (Å²) in [6, 6.07) is 0. The maximum Gasteiger partial charge on any atom is 0.0630 e. The predicted molar refractivity (Wildman–Crippen MR) is 160 cm³/mol. The second-order valence-electron chi connectivity index (χ2n) is 16.3. The molecule has 0 aliphatic heterocycles. The largest absolute Gasteiger partial charge is 0.393 e. The zero-order valence-electron chi connectivity index (χ0n) is 27.1. The van der Waals surface area contributed by atoms with E-state index >= 15 is 0 Å². The van der Waals surface area contributed by atoms with Crippen LogP contribution in [0.25, 0.3) is 0 Å². The van der Waals surface area contributed by atoms with Crippen molar-refractivity contribution in [1.82, 2.24) is 0 Å². The molecule has 39 heavy (non-hydrogen) atoms. The molecular weight excluding hydrogens is 484 g/mol. The van der Waals surface area contributed by atoms with Crippen molar-refractivity contribution in [2.75, 3.05) is 0 Å². The Hall–Kier alpha value is -0.160. The quantitative estimate of drug-likeness (QED) is 0.356. The first kappa shape index (κ1) is 31.8. The van der Waals surface area contributed by atoms with Crippen molar-refractivity contribution in [1.29, 1.82) is 0 Å². The van der Waals surface area contributed by atoms with Crippen LogP contribution in [0.4, 0.5) is 0 Å². The van der Waals surface area contributed by atoms with Crippen LogP contribution in [0.15, 0.2) is 0 Å². The first-order chi connectivity index (χ1) is 18.2.